The fourth-order valence-corrected chi connectivity index (χ4v) is 3.51. The Kier molecular flexibility index (Phi) is 5.12. The lowest BCUT2D eigenvalue weighted by atomic mass is 9.82. The second-order valence-corrected chi connectivity index (χ2v) is 6.90. The van der Waals surface area contributed by atoms with Crippen LogP contribution < -0.4 is 0 Å². The van der Waals surface area contributed by atoms with Crippen molar-refractivity contribution in [2.45, 2.75) is 70.8 Å². The molecule has 0 aromatic carbocycles. The summed E-state index contributed by atoms with van der Waals surface area (Å²) in [5, 5.41) is 20.0. The van der Waals surface area contributed by atoms with Gasteiger partial charge in [-0.15, -0.1) is 0 Å². The van der Waals surface area contributed by atoms with Crippen LogP contribution in [0.15, 0.2) is 0 Å². The number of piperidine rings is 1. The van der Waals surface area contributed by atoms with Gasteiger partial charge in [-0.05, 0) is 38.5 Å². The zero-order valence-electron chi connectivity index (χ0n) is 13.6. The van der Waals surface area contributed by atoms with Crippen molar-refractivity contribution in [3.8, 4) is 0 Å². The quantitative estimate of drug-likeness (QED) is 0.826. The van der Waals surface area contributed by atoms with Crippen molar-refractivity contribution in [1.82, 2.24) is 4.90 Å². The van der Waals surface area contributed by atoms with Crippen LogP contribution in [0.25, 0.3) is 0 Å². The van der Waals surface area contributed by atoms with Gasteiger partial charge in [-0.1, -0.05) is 13.8 Å². The van der Waals surface area contributed by atoms with E-state index in [1.54, 1.807) is 0 Å². The predicted octanol–water partition coefficient (Wildman–Crippen LogP) is 1.61. The van der Waals surface area contributed by atoms with Crippen molar-refractivity contribution in [1.29, 1.82) is 0 Å². The molecule has 0 radical (unpaired) electrons. The molecule has 6 heteroatoms. The molecule has 2 rings (SSSR count). The first-order chi connectivity index (χ1) is 10.2. The smallest absolute Gasteiger partial charge is 0.326 e. The molecule has 1 amide bonds. The lowest BCUT2D eigenvalue weighted by molar-refractivity contribution is -0.289. The standard InChI is InChI=1S/C16H27NO5/c1-10-8-11(2)16(21,22-12(10)3)9-14(18)17-7-5-4-6-13(17)15(19)20/h10-13,21H,4-9H2,1-3H3,(H,19,20). The second kappa shape index (κ2) is 6.54. The Hall–Kier alpha value is -1.14. The van der Waals surface area contributed by atoms with E-state index in [2.05, 4.69) is 6.92 Å². The summed E-state index contributed by atoms with van der Waals surface area (Å²) in [6.07, 6.45) is 2.58. The van der Waals surface area contributed by atoms with Crippen LogP contribution >= 0.6 is 0 Å². The van der Waals surface area contributed by atoms with Crippen LogP contribution in [0.2, 0.25) is 0 Å². The highest BCUT2D eigenvalue weighted by Gasteiger charge is 2.46. The average molecular weight is 313 g/mol. The van der Waals surface area contributed by atoms with Gasteiger partial charge in [0.25, 0.3) is 0 Å². The molecule has 22 heavy (non-hydrogen) atoms. The Morgan fingerprint density at radius 2 is 1.95 bits per heavy atom. The van der Waals surface area contributed by atoms with E-state index in [0.29, 0.717) is 18.9 Å². The first-order valence-electron chi connectivity index (χ1n) is 8.17. The van der Waals surface area contributed by atoms with Gasteiger partial charge >= 0.3 is 5.97 Å². The maximum Gasteiger partial charge on any atom is 0.326 e. The summed E-state index contributed by atoms with van der Waals surface area (Å²) >= 11 is 0. The van der Waals surface area contributed by atoms with Gasteiger partial charge in [0.2, 0.25) is 5.91 Å². The fraction of sp³-hybridized carbons (Fsp3) is 0.875. The van der Waals surface area contributed by atoms with Crippen LogP contribution in [-0.2, 0) is 14.3 Å². The van der Waals surface area contributed by atoms with E-state index < -0.39 is 17.8 Å². The van der Waals surface area contributed by atoms with Gasteiger partial charge < -0.3 is 19.8 Å². The minimum Gasteiger partial charge on any atom is -0.480 e. The number of aliphatic hydroxyl groups is 1. The molecular weight excluding hydrogens is 286 g/mol. The number of carboxylic acids is 1. The van der Waals surface area contributed by atoms with Gasteiger partial charge in [-0.25, -0.2) is 4.79 Å². The summed E-state index contributed by atoms with van der Waals surface area (Å²) in [7, 11) is 0. The van der Waals surface area contributed by atoms with Crippen LogP contribution in [0, 0.1) is 11.8 Å². The Balaban J connectivity index is 2.08. The third-order valence-corrected chi connectivity index (χ3v) is 5.20. The number of nitrogens with zero attached hydrogens (tertiary/aromatic N) is 1. The molecule has 2 fully saturated rings. The number of ether oxygens (including phenoxy) is 1. The maximum absolute atomic E-state index is 12.5. The number of carboxylic acid groups (broad SMARTS) is 1. The van der Waals surface area contributed by atoms with E-state index in [-0.39, 0.29) is 24.3 Å². The first-order valence-corrected chi connectivity index (χ1v) is 8.17. The summed E-state index contributed by atoms with van der Waals surface area (Å²) in [6, 6.07) is -0.778. The lowest BCUT2D eigenvalue weighted by Crippen LogP contribution is -2.54. The normalized spacial score (nSPS) is 39.5. The third-order valence-electron chi connectivity index (χ3n) is 5.20. The highest BCUT2D eigenvalue weighted by molar-refractivity contribution is 5.84. The van der Waals surface area contributed by atoms with Crippen molar-refractivity contribution in [2.24, 2.45) is 11.8 Å². The molecule has 126 valence electrons. The number of hydrogen-bond donors (Lipinski definition) is 2. The zero-order chi connectivity index (χ0) is 16.5. The van der Waals surface area contributed by atoms with Gasteiger partial charge in [-0.3, -0.25) is 4.79 Å². The van der Waals surface area contributed by atoms with Crippen molar-refractivity contribution >= 4 is 11.9 Å². The van der Waals surface area contributed by atoms with Crippen molar-refractivity contribution < 1.29 is 24.5 Å². The number of likely N-dealkylation sites (tertiary alicyclic amines) is 1. The topological polar surface area (TPSA) is 87.1 Å². The maximum atomic E-state index is 12.5. The summed E-state index contributed by atoms with van der Waals surface area (Å²) in [5.74, 6) is -2.63. The Morgan fingerprint density at radius 1 is 1.27 bits per heavy atom. The second-order valence-electron chi connectivity index (χ2n) is 6.90. The molecule has 0 bridgehead atoms. The highest BCUT2D eigenvalue weighted by atomic mass is 16.6. The average Bonchev–Trinajstić information content (AvgIpc) is 2.45. The van der Waals surface area contributed by atoms with Crippen molar-refractivity contribution in [2.75, 3.05) is 6.54 Å². The lowest BCUT2D eigenvalue weighted by Gasteiger charge is -2.45. The molecule has 0 aliphatic carbocycles. The van der Waals surface area contributed by atoms with Gasteiger partial charge in [-0.2, -0.15) is 0 Å². The molecule has 2 aliphatic rings. The first kappa shape index (κ1) is 17.2. The van der Waals surface area contributed by atoms with E-state index in [1.807, 2.05) is 13.8 Å². The number of carbonyl (C=O) groups excluding carboxylic acids is 1. The van der Waals surface area contributed by atoms with E-state index in [4.69, 9.17) is 4.74 Å². The van der Waals surface area contributed by atoms with E-state index in [0.717, 1.165) is 19.3 Å². The van der Waals surface area contributed by atoms with Crippen molar-refractivity contribution in [3.05, 3.63) is 0 Å². The molecule has 2 heterocycles. The van der Waals surface area contributed by atoms with Gasteiger partial charge in [0.1, 0.15) is 6.04 Å². The van der Waals surface area contributed by atoms with Crippen molar-refractivity contribution in [3.63, 3.8) is 0 Å². The molecule has 6 nitrogen and oxygen atoms in total. The van der Waals surface area contributed by atoms with Gasteiger partial charge in [0.05, 0.1) is 12.5 Å². The largest absolute Gasteiger partial charge is 0.480 e. The van der Waals surface area contributed by atoms with Gasteiger partial charge in [0, 0.05) is 12.5 Å². The summed E-state index contributed by atoms with van der Waals surface area (Å²) < 4.78 is 5.72. The van der Waals surface area contributed by atoms with E-state index in [9.17, 15) is 19.8 Å². The molecule has 0 saturated carbocycles. The zero-order valence-corrected chi connectivity index (χ0v) is 13.6. The van der Waals surface area contributed by atoms with E-state index in [1.165, 1.54) is 4.90 Å². The number of aliphatic carboxylic acids is 1. The molecule has 5 unspecified atom stereocenters. The summed E-state index contributed by atoms with van der Waals surface area (Å²) in [4.78, 5) is 25.2. The Bertz CT molecular complexity index is 440. The molecule has 2 saturated heterocycles. The number of hydrogen-bond acceptors (Lipinski definition) is 4. The third kappa shape index (κ3) is 3.43. The van der Waals surface area contributed by atoms with Crippen LogP contribution in [0.3, 0.4) is 0 Å². The summed E-state index contributed by atoms with van der Waals surface area (Å²) in [6.45, 7) is 6.27. The predicted molar refractivity (Wildman–Crippen MR) is 80.0 cm³/mol. The SMILES string of the molecule is CC1CC(C)C(O)(CC(=O)N2CCCCC2C(=O)O)OC1C. The van der Waals surface area contributed by atoms with Crippen LogP contribution in [0.5, 0.6) is 0 Å². The summed E-state index contributed by atoms with van der Waals surface area (Å²) in [5.41, 5.74) is 0. The molecular formula is C16H27NO5. The molecule has 2 aliphatic heterocycles. The molecule has 0 spiro atoms. The monoisotopic (exact) mass is 313 g/mol. The van der Waals surface area contributed by atoms with Crippen LogP contribution in [0.1, 0.15) is 52.9 Å². The highest BCUT2D eigenvalue weighted by Crippen LogP contribution is 2.38. The minimum absolute atomic E-state index is 0.120. The molecule has 0 aromatic heterocycles. The fourth-order valence-electron chi connectivity index (χ4n) is 3.51. The molecule has 5 atom stereocenters. The minimum atomic E-state index is -1.50. The number of carbonyl (C=O) groups is 2. The van der Waals surface area contributed by atoms with E-state index >= 15 is 0 Å². The number of amides is 1. The molecule has 0 aromatic rings. The van der Waals surface area contributed by atoms with Crippen LogP contribution in [0.4, 0.5) is 0 Å². The van der Waals surface area contributed by atoms with Gasteiger partial charge in [0.15, 0.2) is 5.79 Å². The van der Waals surface area contributed by atoms with Crippen LogP contribution in [-0.4, -0.2) is 51.5 Å². The number of rotatable bonds is 3. The Morgan fingerprint density at radius 3 is 2.59 bits per heavy atom. The molecule has 2 N–H and O–H groups in total. The Labute approximate surface area is 131 Å².